The minimum absolute atomic E-state index is 0.0182. The van der Waals surface area contributed by atoms with Crippen molar-refractivity contribution in [3.63, 3.8) is 0 Å². The van der Waals surface area contributed by atoms with Gasteiger partial charge in [-0.1, -0.05) is 25.4 Å². The number of halogens is 2. The number of aromatic amines is 1. The Kier molecular flexibility index (Phi) is 4.67. The first-order valence-corrected chi connectivity index (χ1v) is 10.3. The van der Waals surface area contributed by atoms with Crippen molar-refractivity contribution >= 4 is 39.4 Å². The lowest BCUT2D eigenvalue weighted by atomic mass is 10.0. The molecule has 5 aromatic rings. The number of fused-ring (bicyclic) bond motifs is 2. The molecule has 0 unspecified atom stereocenters. The maximum absolute atomic E-state index is 13.7. The lowest BCUT2D eigenvalue weighted by Crippen LogP contribution is -2.06. The summed E-state index contributed by atoms with van der Waals surface area (Å²) < 4.78 is 15.7. The van der Waals surface area contributed by atoms with E-state index in [-0.39, 0.29) is 22.6 Å². The summed E-state index contributed by atoms with van der Waals surface area (Å²) in [6.07, 6.45) is 3.21. The maximum Gasteiger partial charge on any atom is 0.357 e. The molecule has 3 aromatic heterocycles. The lowest BCUT2D eigenvalue weighted by molar-refractivity contribution is 0.0690. The van der Waals surface area contributed by atoms with Gasteiger partial charge in [0.15, 0.2) is 10.8 Å². The Morgan fingerprint density at radius 1 is 1.19 bits per heavy atom. The molecule has 2 aromatic carbocycles. The third kappa shape index (κ3) is 3.11. The molecule has 0 fully saturated rings. The highest BCUT2D eigenvalue weighted by Crippen LogP contribution is 2.41. The number of carboxylic acid groups (broad SMARTS) is 1. The van der Waals surface area contributed by atoms with E-state index in [9.17, 15) is 14.3 Å². The summed E-state index contributed by atoms with van der Waals surface area (Å²) in [6, 6.07) is 10.2. The highest BCUT2D eigenvalue weighted by Gasteiger charge is 2.25. The first-order valence-electron chi connectivity index (χ1n) is 9.88. The second-order valence-corrected chi connectivity index (χ2v) is 8.11. The Labute approximate surface area is 186 Å². The topological polar surface area (TPSA) is 96.7 Å². The van der Waals surface area contributed by atoms with E-state index in [2.05, 4.69) is 20.2 Å². The third-order valence-corrected chi connectivity index (χ3v) is 5.66. The van der Waals surface area contributed by atoms with Crippen molar-refractivity contribution in [2.45, 2.75) is 19.8 Å². The molecule has 2 N–H and O–H groups in total. The van der Waals surface area contributed by atoms with Crippen molar-refractivity contribution in [3.8, 4) is 16.9 Å². The molecule has 0 spiro atoms. The average Bonchev–Trinajstić information content (AvgIpc) is 3.35. The average molecular weight is 450 g/mol. The second kappa shape index (κ2) is 7.42. The van der Waals surface area contributed by atoms with E-state index < -0.39 is 5.97 Å². The van der Waals surface area contributed by atoms with Crippen molar-refractivity contribution in [3.05, 3.63) is 71.2 Å². The number of aromatic carboxylic acids is 1. The van der Waals surface area contributed by atoms with Gasteiger partial charge in [0.25, 0.3) is 0 Å². The fourth-order valence-electron chi connectivity index (χ4n) is 4.06. The van der Waals surface area contributed by atoms with Crippen molar-refractivity contribution in [2.75, 3.05) is 0 Å². The predicted molar refractivity (Wildman–Crippen MR) is 120 cm³/mol. The number of H-pyrrole nitrogens is 1. The Morgan fingerprint density at radius 3 is 2.62 bits per heavy atom. The molecule has 32 heavy (non-hydrogen) atoms. The van der Waals surface area contributed by atoms with Crippen molar-refractivity contribution in [2.24, 2.45) is 0 Å². The zero-order valence-electron chi connectivity index (χ0n) is 17.1. The summed E-state index contributed by atoms with van der Waals surface area (Å²) in [5.74, 6) is -1.57. The van der Waals surface area contributed by atoms with Gasteiger partial charge < -0.3 is 9.67 Å². The van der Waals surface area contributed by atoms with Crippen LogP contribution in [0.1, 0.15) is 35.9 Å². The number of hydrogen-bond donors (Lipinski definition) is 2. The fraction of sp³-hybridized carbons (Fsp3) is 0.130. The Hall–Kier alpha value is -3.78. The summed E-state index contributed by atoms with van der Waals surface area (Å²) in [4.78, 5) is 20.0. The Bertz CT molecular complexity index is 1500. The number of carboxylic acids is 1. The van der Waals surface area contributed by atoms with E-state index in [0.29, 0.717) is 5.69 Å². The van der Waals surface area contributed by atoms with Crippen LogP contribution in [0.2, 0.25) is 5.15 Å². The quantitative estimate of drug-likeness (QED) is 0.373. The molecule has 0 aliphatic rings. The first-order chi connectivity index (χ1) is 15.3. The largest absolute Gasteiger partial charge is 0.476 e. The monoisotopic (exact) mass is 449 g/mol. The zero-order chi connectivity index (χ0) is 22.6. The lowest BCUT2D eigenvalue weighted by Gasteiger charge is -2.15. The molecule has 0 radical (unpaired) electrons. The van der Waals surface area contributed by atoms with E-state index in [4.69, 9.17) is 11.6 Å². The number of carbonyl (C=O) groups is 1. The van der Waals surface area contributed by atoms with Crippen molar-refractivity contribution < 1.29 is 14.3 Å². The minimum Gasteiger partial charge on any atom is -0.476 e. The van der Waals surface area contributed by atoms with Crippen LogP contribution in [-0.2, 0) is 0 Å². The van der Waals surface area contributed by atoms with Crippen molar-refractivity contribution in [1.29, 1.82) is 0 Å². The van der Waals surface area contributed by atoms with Gasteiger partial charge in [0.2, 0.25) is 0 Å². The van der Waals surface area contributed by atoms with Crippen LogP contribution in [0.15, 0.2) is 48.8 Å². The van der Waals surface area contributed by atoms with Gasteiger partial charge in [-0.2, -0.15) is 5.10 Å². The molecular formula is C23H17ClFN5O2. The molecule has 0 amide bonds. The molecule has 0 bridgehead atoms. The summed E-state index contributed by atoms with van der Waals surface area (Å²) in [5, 5.41) is 18.2. The Balaban J connectivity index is 1.94. The van der Waals surface area contributed by atoms with Gasteiger partial charge in [-0.05, 0) is 42.3 Å². The summed E-state index contributed by atoms with van der Waals surface area (Å²) in [6.45, 7) is 4.07. The number of aromatic nitrogens is 5. The highest BCUT2D eigenvalue weighted by molar-refractivity contribution is 6.32. The Morgan fingerprint density at radius 2 is 1.94 bits per heavy atom. The smallest absolute Gasteiger partial charge is 0.357 e. The summed E-state index contributed by atoms with van der Waals surface area (Å²) >= 11 is 5.97. The molecule has 0 aliphatic heterocycles. The summed E-state index contributed by atoms with van der Waals surface area (Å²) in [7, 11) is 0. The standard InChI is InChI=1S/C23H17ClFN5O2/c1-11(2)21-19(17-10-26-22(24)20(28-17)23(31)32)15-8-16-12(9-27-29-16)7-18(15)30(21)14-5-3-13(25)4-6-14/h3-11H,1-2H3,(H,27,29)(H,31,32). The maximum atomic E-state index is 13.7. The van der Waals surface area contributed by atoms with Gasteiger partial charge >= 0.3 is 5.97 Å². The molecule has 0 aliphatic carbocycles. The van der Waals surface area contributed by atoms with E-state index >= 15 is 0 Å². The predicted octanol–water partition coefficient (Wildman–Crippen LogP) is 5.58. The molecule has 7 nitrogen and oxygen atoms in total. The normalized spacial score (nSPS) is 11.7. The first kappa shape index (κ1) is 20.1. The number of nitrogens with one attached hydrogen (secondary N) is 1. The number of rotatable bonds is 4. The minimum atomic E-state index is -1.26. The molecule has 0 saturated carbocycles. The van der Waals surface area contributed by atoms with Crippen LogP contribution in [0.4, 0.5) is 4.39 Å². The molecular weight excluding hydrogens is 433 g/mol. The van der Waals surface area contributed by atoms with E-state index in [1.54, 1.807) is 18.3 Å². The molecule has 0 atom stereocenters. The molecule has 5 rings (SSSR count). The van der Waals surface area contributed by atoms with E-state index in [1.807, 2.05) is 30.5 Å². The number of nitrogens with zero attached hydrogens (tertiary/aromatic N) is 4. The zero-order valence-corrected chi connectivity index (χ0v) is 17.9. The van der Waals surface area contributed by atoms with Gasteiger partial charge in [-0.25, -0.2) is 19.2 Å². The van der Waals surface area contributed by atoms with Gasteiger partial charge in [-0.15, -0.1) is 0 Å². The van der Waals surface area contributed by atoms with Crippen LogP contribution in [0.5, 0.6) is 0 Å². The summed E-state index contributed by atoms with van der Waals surface area (Å²) in [5.41, 5.74) is 4.16. The fourth-order valence-corrected chi connectivity index (χ4v) is 4.23. The van der Waals surface area contributed by atoms with Gasteiger partial charge in [0.1, 0.15) is 5.82 Å². The molecule has 0 saturated heterocycles. The SMILES string of the molecule is CC(C)c1c(-c2cnc(Cl)c(C(=O)O)n2)c2cc3[nH]ncc3cc2n1-c1ccc(F)cc1. The van der Waals surface area contributed by atoms with E-state index in [0.717, 1.165) is 38.8 Å². The van der Waals surface area contributed by atoms with Crippen LogP contribution in [0.3, 0.4) is 0 Å². The van der Waals surface area contributed by atoms with Crippen molar-refractivity contribution in [1.82, 2.24) is 24.7 Å². The molecule has 160 valence electrons. The highest BCUT2D eigenvalue weighted by atomic mass is 35.5. The number of benzene rings is 2. The van der Waals surface area contributed by atoms with Gasteiger partial charge in [0.05, 0.1) is 29.1 Å². The van der Waals surface area contributed by atoms with Gasteiger partial charge in [0, 0.05) is 27.7 Å². The van der Waals surface area contributed by atoms with Crippen LogP contribution in [0, 0.1) is 5.82 Å². The van der Waals surface area contributed by atoms with Gasteiger partial charge in [-0.3, -0.25) is 5.10 Å². The second-order valence-electron chi connectivity index (χ2n) is 7.75. The third-order valence-electron chi connectivity index (χ3n) is 5.38. The molecule has 9 heteroatoms. The van der Waals surface area contributed by atoms with Crippen LogP contribution < -0.4 is 0 Å². The number of hydrogen-bond acceptors (Lipinski definition) is 4. The van der Waals surface area contributed by atoms with Crippen LogP contribution in [0.25, 0.3) is 38.8 Å². The molecule has 3 heterocycles. The van der Waals surface area contributed by atoms with E-state index in [1.165, 1.54) is 18.3 Å². The van der Waals surface area contributed by atoms with Crippen LogP contribution >= 0.6 is 11.6 Å². The van der Waals surface area contributed by atoms with Crippen LogP contribution in [-0.4, -0.2) is 35.8 Å².